The van der Waals surface area contributed by atoms with E-state index in [4.69, 9.17) is 0 Å². The number of esters is 1. The lowest BCUT2D eigenvalue weighted by Gasteiger charge is -2.16. The van der Waals surface area contributed by atoms with Crippen molar-refractivity contribution in [3.63, 3.8) is 0 Å². The van der Waals surface area contributed by atoms with Crippen molar-refractivity contribution in [3.05, 3.63) is 34.9 Å². The highest BCUT2D eigenvalue weighted by Crippen LogP contribution is 2.33. The second-order valence-corrected chi connectivity index (χ2v) is 5.71. The number of hydrogen-bond donors (Lipinski definition) is 1. The lowest BCUT2D eigenvalue weighted by atomic mass is 9.98. The van der Waals surface area contributed by atoms with Gasteiger partial charge in [-0.1, -0.05) is 19.1 Å². The van der Waals surface area contributed by atoms with Crippen molar-refractivity contribution >= 4 is 17.7 Å². The zero-order chi connectivity index (χ0) is 16.3. The number of ketones is 1. The average molecular weight is 303 g/mol. The quantitative estimate of drug-likeness (QED) is 0.667. The SMILES string of the molecule is COC(=O)CCC(=O)c1ccc2c(c1)CC(NC(C)=O)C2C. The van der Waals surface area contributed by atoms with Gasteiger partial charge in [-0.05, 0) is 23.6 Å². The van der Waals surface area contributed by atoms with Crippen LogP contribution in [-0.2, 0) is 20.7 Å². The van der Waals surface area contributed by atoms with Gasteiger partial charge in [-0.25, -0.2) is 0 Å². The van der Waals surface area contributed by atoms with Crippen LogP contribution < -0.4 is 5.32 Å². The van der Waals surface area contributed by atoms with Gasteiger partial charge in [0.1, 0.15) is 0 Å². The Hall–Kier alpha value is -2.17. The van der Waals surface area contributed by atoms with Crippen LogP contribution in [0.1, 0.15) is 54.1 Å². The Morgan fingerprint density at radius 3 is 2.64 bits per heavy atom. The molecular formula is C17H21NO4. The number of amides is 1. The maximum absolute atomic E-state index is 12.1. The predicted octanol–water partition coefficient (Wildman–Crippen LogP) is 1.99. The van der Waals surface area contributed by atoms with Crippen molar-refractivity contribution in [2.75, 3.05) is 7.11 Å². The third-order valence-electron chi connectivity index (χ3n) is 4.17. The molecule has 0 saturated carbocycles. The second kappa shape index (κ2) is 6.73. The minimum absolute atomic E-state index is 0.0426. The smallest absolute Gasteiger partial charge is 0.305 e. The van der Waals surface area contributed by atoms with E-state index in [-0.39, 0.29) is 42.5 Å². The number of ether oxygens (including phenoxy) is 1. The molecule has 0 radical (unpaired) electrons. The lowest BCUT2D eigenvalue weighted by Crippen LogP contribution is -2.35. The van der Waals surface area contributed by atoms with E-state index in [1.165, 1.54) is 19.6 Å². The van der Waals surface area contributed by atoms with Gasteiger partial charge in [-0.15, -0.1) is 0 Å². The largest absolute Gasteiger partial charge is 0.469 e. The number of benzene rings is 1. The van der Waals surface area contributed by atoms with E-state index >= 15 is 0 Å². The first-order chi connectivity index (χ1) is 10.4. The Bertz CT molecular complexity index is 609. The maximum atomic E-state index is 12.1. The number of fused-ring (bicyclic) bond motifs is 1. The molecular weight excluding hydrogens is 282 g/mol. The van der Waals surface area contributed by atoms with E-state index in [0.717, 1.165) is 12.0 Å². The lowest BCUT2D eigenvalue weighted by molar-refractivity contribution is -0.140. The van der Waals surface area contributed by atoms with Crippen LogP contribution in [0.15, 0.2) is 18.2 Å². The molecule has 0 bridgehead atoms. The molecule has 22 heavy (non-hydrogen) atoms. The fourth-order valence-corrected chi connectivity index (χ4v) is 2.93. The molecule has 2 unspecified atom stereocenters. The van der Waals surface area contributed by atoms with E-state index in [0.29, 0.717) is 5.56 Å². The molecule has 0 heterocycles. The number of carbonyl (C=O) groups is 3. The summed E-state index contributed by atoms with van der Waals surface area (Å²) in [5, 5.41) is 2.95. The first-order valence-electron chi connectivity index (χ1n) is 7.42. The molecule has 1 aliphatic carbocycles. The summed E-state index contributed by atoms with van der Waals surface area (Å²) in [5.41, 5.74) is 2.87. The molecule has 1 aliphatic rings. The second-order valence-electron chi connectivity index (χ2n) is 5.71. The van der Waals surface area contributed by atoms with E-state index in [9.17, 15) is 14.4 Å². The zero-order valence-electron chi connectivity index (χ0n) is 13.1. The average Bonchev–Trinajstić information content (AvgIpc) is 2.79. The van der Waals surface area contributed by atoms with Crippen LogP contribution in [-0.4, -0.2) is 30.8 Å². The first-order valence-corrected chi connectivity index (χ1v) is 7.42. The first kappa shape index (κ1) is 16.2. The third-order valence-corrected chi connectivity index (χ3v) is 4.17. The van der Waals surface area contributed by atoms with Crippen molar-refractivity contribution in [2.45, 2.75) is 45.1 Å². The van der Waals surface area contributed by atoms with E-state index in [2.05, 4.69) is 17.0 Å². The third kappa shape index (κ3) is 3.53. The Morgan fingerprint density at radius 1 is 1.27 bits per heavy atom. The summed E-state index contributed by atoms with van der Waals surface area (Å²) in [6, 6.07) is 5.71. The fourth-order valence-electron chi connectivity index (χ4n) is 2.93. The Labute approximate surface area is 130 Å². The number of Topliss-reactive ketones (excluding diaryl/α,β-unsaturated/α-hetero) is 1. The summed E-state index contributed by atoms with van der Waals surface area (Å²) in [7, 11) is 1.31. The van der Waals surface area contributed by atoms with E-state index in [1.54, 1.807) is 6.07 Å². The molecule has 5 nitrogen and oxygen atoms in total. The van der Waals surface area contributed by atoms with Gasteiger partial charge < -0.3 is 10.1 Å². The van der Waals surface area contributed by atoms with Crippen molar-refractivity contribution < 1.29 is 19.1 Å². The monoisotopic (exact) mass is 303 g/mol. The molecule has 1 aromatic carbocycles. The van der Waals surface area contributed by atoms with Gasteiger partial charge in [-0.3, -0.25) is 14.4 Å². The molecule has 0 saturated heterocycles. The van der Waals surface area contributed by atoms with Crippen LogP contribution in [0, 0.1) is 0 Å². The van der Waals surface area contributed by atoms with Gasteiger partial charge in [0.25, 0.3) is 0 Å². The summed E-state index contributed by atoms with van der Waals surface area (Å²) in [5.74, 6) is -0.255. The molecule has 1 amide bonds. The van der Waals surface area contributed by atoms with Crippen LogP contribution in [0.5, 0.6) is 0 Å². The molecule has 0 spiro atoms. The number of rotatable bonds is 5. The highest BCUT2D eigenvalue weighted by atomic mass is 16.5. The van der Waals surface area contributed by atoms with Crippen molar-refractivity contribution in [1.82, 2.24) is 5.32 Å². The molecule has 0 aromatic heterocycles. The fraction of sp³-hybridized carbons (Fsp3) is 0.471. The summed E-state index contributed by atoms with van der Waals surface area (Å²) in [4.78, 5) is 34.5. The van der Waals surface area contributed by atoms with E-state index < -0.39 is 0 Å². The molecule has 1 aromatic rings. The molecule has 0 fully saturated rings. The van der Waals surface area contributed by atoms with Crippen LogP contribution in [0.2, 0.25) is 0 Å². The molecule has 5 heteroatoms. The maximum Gasteiger partial charge on any atom is 0.305 e. The Kier molecular flexibility index (Phi) is 4.96. The van der Waals surface area contributed by atoms with Crippen LogP contribution in [0.4, 0.5) is 0 Å². The highest BCUT2D eigenvalue weighted by Gasteiger charge is 2.30. The van der Waals surface area contributed by atoms with Gasteiger partial charge in [0.15, 0.2) is 5.78 Å². The molecule has 2 rings (SSSR count). The van der Waals surface area contributed by atoms with Crippen LogP contribution in [0.3, 0.4) is 0 Å². The number of nitrogens with one attached hydrogen (secondary N) is 1. The van der Waals surface area contributed by atoms with Crippen molar-refractivity contribution in [2.24, 2.45) is 0 Å². The zero-order valence-corrected chi connectivity index (χ0v) is 13.1. The minimum atomic E-state index is -0.381. The van der Waals surface area contributed by atoms with Gasteiger partial charge in [0.2, 0.25) is 5.91 Å². The Balaban J connectivity index is 2.09. The van der Waals surface area contributed by atoms with Crippen molar-refractivity contribution in [3.8, 4) is 0 Å². The summed E-state index contributed by atoms with van der Waals surface area (Å²) in [6.07, 6.45) is 0.974. The molecule has 118 valence electrons. The topological polar surface area (TPSA) is 72.5 Å². The van der Waals surface area contributed by atoms with Crippen molar-refractivity contribution in [1.29, 1.82) is 0 Å². The summed E-state index contributed by atoms with van der Waals surface area (Å²) >= 11 is 0. The van der Waals surface area contributed by atoms with Crippen LogP contribution >= 0.6 is 0 Å². The molecule has 0 aliphatic heterocycles. The van der Waals surface area contributed by atoms with E-state index in [1.807, 2.05) is 12.1 Å². The number of carbonyl (C=O) groups excluding carboxylic acids is 3. The van der Waals surface area contributed by atoms with Crippen LogP contribution in [0.25, 0.3) is 0 Å². The van der Waals surface area contributed by atoms with Gasteiger partial charge in [-0.2, -0.15) is 0 Å². The highest BCUT2D eigenvalue weighted by molar-refractivity contribution is 5.97. The molecule has 2 atom stereocenters. The molecule has 1 N–H and O–H groups in total. The number of methoxy groups -OCH3 is 1. The van der Waals surface area contributed by atoms with Gasteiger partial charge in [0.05, 0.1) is 13.5 Å². The minimum Gasteiger partial charge on any atom is -0.469 e. The summed E-state index contributed by atoms with van der Waals surface area (Å²) < 4.78 is 4.54. The number of hydrogen-bond acceptors (Lipinski definition) is 4. The normalized spacial score (nSPS) is 19.4. The summed E-state index contributed by atoms with van der Waals surface area (Å²) in [6.45, 7) is 3.59. The predicted molar refractivity (Wildman–Crippen MR) is 81.7 cm³/mol. The van der Waals surface area contributed by atoms with Gasteiger partial charge >= 0.3 is 5.97 Å². The standard InChI is InChI=1S/C17H21NO4/c1-10-14-5-4-12(16(20)6-7-17(21)22-3)8-13(14)9-15(10)18-11(2)19/h4-5,8,10,15H,6-7,9H2,1-3H3,(H,18,19). The Morgan fingerprint density at radius 2 is 2.00 bits per heavy atom. The van der Waals surface area contributed by atoms with Gasteiger partial charge in [0, 0.05) is 30.9 Å².